The van der Waals surface area contributed by atoms with E-state index in [1.165, 1.54) is 13.8 Å². The van der Waals surface area contributed by atoms with Crippen LogP contribution in [0.15, 0.2) is 11.7 Å². The first-order valence-electron chi connectivity index (χ1n) is 3.94. The molecule has 0 unspecified atom stereocenters. The molecule has 0 aliphatic carbocycles. The molecule has 0 saturated heterocycles. The van der Waals surface area contributed by atoms with Crippen LogP contribution in [0.25, 0.3) is 0 Å². The van der Waals surface area contributed by atoms with Crippen molar-refractivity contribution in [2.24, 2.45) is 0 Å². The van der Waals surface area contributed by atoms with Crippen LogP contribution in [0.3, 0.4) is 0 Å². The Kier molecular flexibility index (Phi) is 5.43. The molecular formula is C8H10F2O4. The lowest BCUT2D eigenvalue weighted by atomic mass is 10.4. The number of carbonyl (C=O) groups excluding carboxylic acids is 2. The average molecular weight is 208 g/mol. The predicted molar refractivity (Wildman–Crippen MR) is 42.5 cm³/mol. The Balaban J connectivity index is 4.57. The van der Waals surface area contributed by atoms with Gasteiger partial charge >= 0.3 is 11.9 Å². The first-order chi connectivity index (χ1) is 6.54. The van der Waals surface area contributed by atoms with Crippen LogP contribution in [-0.4, -0.2) is 25.2 Å². The van der Waals surface area contributed by atoms with Crippen molar-refractivity contribution < 1.29 is 27.8 Å². The molecule has 0 aromatic rings. The first kappa shape index (κ1) is 12.5. The van der Waals surface area contributed by atoms with Crippen molar-refractivity contribution in [3.63, 3.8) is 0 Å². The summed E-state index contributed by atoms with van der Waals surface area (Å²) >= 11 is 0. The molecule has 0 radical (unpaired) electrons. The Morgan fingerprint density at radius 2 is 1.21 bits per heavy atom. The molecule has 0 spiro atoms. The van der Waals surface area contributed by atoms with Crippen molar-refractivity contribution in [2.45, 2.75) is 13.8 Å². The van der Waals surface area contributed by atoms with Gasteiger partial charge in [0.2, 0.25) is 0 Å². The zero-order valence-electron chi connectivity index (χ0n) is 7.80. The minimum atomic E-state index is -1.87. The summed E-state index contributed by atoms with van der Waals surface area (Å²) in [4.78, 5) is 21.2. The Hall–Kier alpha value is -1.46. The van der Waals surface area contributed by atoms with Crippen LogP contribution in [0.4, 0.5) is 8.78 Å². The fourth-order valence-corrected chi connectivity index (χ4v) is 0.568. The van der Waals surface area contributed by atoms with Crippen LogP contribution in [-0.2, 0) is 19.1 Å². The van der Waals surface area contributed by atoms with Gasteiger partial charge in [-0.3, -0.25) is 0 Å². The van der Waals surface area contributed by atoms with Crippen molar-refractivity contribution in [3.05, 3.63) is 11.7 Å². The van der Waals surface area contributed by atoms with Gasteiger partial charge in [-0.1, -0.05) is 0 Å². The molecule has 0 aliphatic heterocycles. The molecule has 0 aliphatic rings. The first-order valence-corrected chi connectivity index (χ1v) is 3.94. The molecule has 0 aromatic heterocycles. The van der Waals surface area contributed by atoms with E-state index < -0.39 is 23.6 Å². The third-order valence-corrected chi connectivity index (χ3v) is 1.10. The predicted octanol–water partition coefficient (Wildman–Crippen LogP) is 1.26. The van der Waals surface area contributed by atoms with Crippen LogP contribution >= 0.6 is 0 Å². The Morgan fingerprint density at radius 1 is 0.929 bits per heavy atom. The van der Waals surface area contributed by atoms with Crippen LogP contribution in [0, 0.1) is 0 Å². The number of esters is 2. The Labute approximate surface area is 79.5 Å². The number of carbonyl (C=O) groups is 2. The number of halogens is 2. The van der Waals surface area contributed by atoms with Gasteiger partial charge in [-0.25, -0.2) is 9.59 Å². The molecule has 0 fully saturated rings. The van der Waals surface area contributed by atoms with Crippen molar-refractivity contribution in [1.82, 2.24) is 0 Å². The fourth-order valence-electron chi connectivity index (χ4n) is 0.568. The van der Waals surface area contributed by atoms with Crippen LogP contribution < -0.4 is 0 Å². The van der Waals surface area contributed by atoms with Gasteiger partial charge in [0.15, 0.2) is 0 Å². The largest absolute Gasteiger partial charge is 0.461 e. The van der Waals surface area contributed by atoms with Gasteiger partial charge in [-0.2, -0.15) is 8.78 Å². The molecule has 80 valence electrons. The highest BCUT2D eigenvalue weighted by Crippen LogP contribution is 2.11. The second kappa shape index (κ2) is 6.06. The molecule has 0 saturated carbocycles. The quantitative estimate of drug-likeness (QED) is 0.515. The molecule has 0 rings (SSSR count). The SMILES string of the molecule is CCOC(=O)C(F)=C(F)C(=O)OCC. The third-order valence-electron chi connectivity index (χ3n) is 1.10. The van der Waals surface area contributed by atoms with E-state index in [1.54, 1.807) is 0 Å². The molecule has 0 amide bonds. The number of hydrogen-bond donors (Lipinski definition) is 0. The average Bonchev–Trinajstić information content (AvgIpc) is 2.16. The number of ether oxygens (including phenoxy) is 2. The summed E-state index contributed by atoms with van der Waals surface area (Å²) in [6.45, 7) is 2.63. The maximum atomic E-state index is 12.7. The van der Waals surface area contributed by atoms with Gasteiger partial charge in [-0.15, -0.1) is 0 Å². The van der Waals surface area contributed by atoms with Crippen molar-refractivity contribution >= 4 is 11.9 Å². The Morgan fingerprint density at radius 3 is 1.43 bits per heavy atom. The fraction of sp³-hybridized carbons (Fsp3) is 0.500. The highest BCUT2D eigenvalue weighted by Gasteiger charge is 2.23. The van der Waals surface area contributed by atoms with E-state index in [9.17, 15) is 18.4 Å². The molecule has 14 heavy (non-hydrogen) atoms. The van der Waals surface area contributed by atoms with Crippen molar-refractivity contribution in [1.29, 1.82) is 0 Å². The highest BCUT2D eigenvalue weighted by molar-refractivity contribution is 5.97. The molecule has 4 nitrogen and oxygen atoms in total. The molecule has 0 N–H and O–H groups in total. The van der Waals surface area contributed by atoms with Gasteiger partial charge in [-0.05, 0) is 13.8 Å². The van der Waals surface area contributed by atoms with E-state index in [2.05, 4.69) is 9.47 Å². The van der Waals surface area contributed by atoms with Crippen LogP contribution in [0.5, 0.6) is 0 Å². The van der Waals surface area contributed by atoms with Gasteiger partial charge in [0.1, 0.15) is 0 Å². The van der Waals surface area contributed by atoms with Crippen molar-refractivity contribution in [2.75, 3.05) is 13.2 Å². The minimum Gasteiger partial charge on any atom is -0.461 e. The third kappa shape index (κ3) is 3.51. The van der Waals surface area contributed by atoms with Crippen molar-refractivity contribution in [3.8, 4) is 0 Å². The van der Waals surface area contributed by atoms with Gasteiger partial charge in [0, 0.05) is 0 Å². The molecule has 0 atom stereocenters. The lowest BCUT2D eigenvalue weighted by Gasteiger charge is -2.01. The van der Waals surface area contributed by atoms with E-state index in [1.807, 2.05) is 0 Å². The minimum absolute atomic E-state index is 0.109. The monoisotopic (exact) mass is 208 g/mol. The summed E-state index contributed by atoms with van der Waals surface area (Å²) in [6.07, 6.45) is 0. The van der Waals surface area contributed by atoms with Gasteiger partial charge in [0.25, 0.3) is 11.7 Å². The molecular weight excluding hydrogens is 198 g/mol. The smallest absolute Gasteiger partial charge is 0.370 e. The zero-order valence-corrected chi connectivity index (χ0v) is 7.80. The summed E-state index contributed by atoms with van der Waals surface area (Å²) < 4.78 is 33.6. The van der Waals surface area contributed by atoms with Gasteiger partial charge in [0.05, 0.1) is 13.2 Å². The second-order valence-corrected chi connectivity index (χ2v) is 2.07. The van der Waals surface area contributed by atoms with E-state index in [4.69, 9.17) is 0 Å². The molecule has 6 heteroatoms. The summed E-state index contributed by atoms with van der Waals surface area (Å²) in [5.74, 6) is -6.77. The van der Waals surface area contributed by atoms with E-state index in [0.29, 0.717) is 0 Å². The maximum absolute atomic E-state index is 12.7. The van der Waals surface area contributed by atoms with Crippen LogP contribution in [0.1, 0.15) is 13.8 Å². The topological polar surface area (TPSA) is 52.6 Å². The molecule has 0 heterocycles. The lowest BCUT2D eigenvalue weighted by Crippen LogP contribution is -2.12. The summed E-state index contributed by atoms with van der Waals surface area (Å²) in [5, 5.41) is 0. The Bertz CT molecular complexity index is 234. The number of rotatable bonds is 4. The van der Waals surface area contributed by atoms with E-state index in [0.717, 1.165) is 0 Å². The van der Waals surface area contributed by atoms with Gasteiger partial charge < -0.3 is 9.47 Å². The lowest BCUT2D eigenvalue weighted by molar-refractivity contribution is -0.144. The summed E-state index contributed by atoms with van der Waals surface area (Å²) in [7, 11) is 0. The summed E-state index contributed by atoms with van der Waals surface area (Å²) in [6, 6.07) is 0. The normalized spacial score (nSPS) is 11.7. The molecule has 0 aromatic carbocycles. The maximum Gasteiger partial charge on any atom is 0.370 e. The highest BCUT2D eigenvalue weighted by atomic mass is 19.2. The van der Waals surface area contributed by atoms with E-state index >= 15 is 0 Å². The second-order valence-electron chi connectivity index (χ2n) is 2.07. The zero-order chi connectivity index (χ0) is 11.1. The number of hydrogen-bond acceptors (Lipinski definition) is 4. The molecule has 0 bridgehead atoms. The standard InChI is InChI=1S/C8H10F2O4/c1-3-13-7(11)5(9)6(10)8(12)14-4-2/h3-4H2,1-2H3. The van der Waals surface area contributed by atoms with E-state index in [-0.39, 0.29) is 13.2 Å². The van der Waals surface area contributed by atoms with Crippen LogP contribution in [0.2, 0.25) is 0 Å². The summed E-state index contributed by atoms with van der Waals surface area (Å²) in [5.41, 5.74) is 0.